The lowest BCUT2D eigenvalue weighted by Crippen LogP contribution is -2.29. The van der Waals surface area contributed by atoms with Gasteiger partial charge in [0.25, 0.3) is 0 Å². The number of nitrogens with one attached hydrogen (secondary N) is 1. The van der Waals surface area contributed by atoms with Crippen LogP contribution >= 0.6 is 27.3 Å². The van der Waals surface area contributed by atoms with Gasteiger partial charge in [0, 0.05) is 14.7 Å². The molecule has 0 spiro atoms. The Morgan fingerprint density at radius 1 is 1.15 bits per heavy atom. The van der Waals surface area contributed by atoms with E-state index in [0.29, 0.717) is 5.56 Å². The number of benzene rings is 2. The Kier molecular flexibility index (Phi) is 3.85. The summed E-state index contributed by atoms with van der Waals surface area (Å²) in [7, 11) is 0. The topological polar surface area (TPSA) is 38.0 Å². The molecule has 0 fully saturated rings. The van der Waals surface area contributed by atoms with Crippen molar-refractivity contribution in [2.75, 3.05) is 0 Å². The van der Waals surface area contributed by atoms with Gasteiger partial charge in [-0.1, -0.05) is 34.1 Å². The van der Waals surface area contributed by atoms with E-state index >= 15 is 0 Å². The Morgan fingerprint density at radius 2 is 1.95 bits per heavy atom. The first-order valence-corrected chi connectivity index (χ1v) is 7.75. The predicted octanol–water partition coefficient (Wildman–Crippen LogP) is 4.36. The van der Waals surface area contributed by atoms with E-state index in [1.807, 2.05) is 29.6 Å². The summed E-state index contributed by atoms with van der Waals surface area (Å²) in [5.74, 6) is 5.41. The van der Waals surface area contributed by atoms with Gasteiger partial charge in [0.1, 0.15) is 5.82 Å². The zero-order chi connectivity index (χ0) is 14.1. The molecule has 0 aliphatic heterocycles. The van der Waals surface area contributed by atoms with E-state index < -0.39 is 0 Å². The minimum atomic E-state index is -0.372. The van der Waals surface area contributed by atoms with Crippen LogP contribution in [0.5, 0.6) is 0 Å². The highest BCUT2D eigenvalue weighted by Gasteiger charge is 2.20. The number of hydrogen-bond acceptors (Lipinski definition) is 3. The Balaban J connectivity index is 2.16. The summed E-state index contributed by atoms with van der Waals surface area (Å²) in [5.41, 5.74) is 4.25. The maximum atomic E-state index is 14.1. The first-order valence-electron chi connectivity index (χ1n) is 6.08. The summed E-state index contributed by atoms with van der Waals surface area (Å²) >= 11 is 5.01. The average Bonchev–Trinajstić information content (AvgIpc) is 2.88. The van der Waals surface area contributed by atoms with Gasteiger partial charge in [0.15, 0.2) is 0 Å². The Morgan fingerprint density at radius 3 is 2.75 bits per heavy atom. The Labute approximate surface area is 128 Å². The summed E-state index contributed by atoms with van der Waals surface area (Å²) < 4.78 is 16.1. The van der Waals surface area contributed by atoms with E-state index in [1.165, 1.54) is 6.07 Å². The van der Waals surface area contributed by atoms with Crippen LogP contribution in [0.3, 0.4) is 0 Å². The Bertz CT molecular complexity index is 756. The smallest absolute Gasteiger partial charge is 0.128 e. The lowest BCUT2D eigenvalue weighted by molar-refractivity contribution is 0.562. The van der Waals surface area contributed by atoms with Crippen molar-refractivity contribution in [3.05, 3.63) is 69.3 Å². The van der Waals surface area contributed by atoms with Gasteiger partial charge in [-0.3, -0.25) is 5.84 Å². The lowest BCUT2D eigenvalue weighted by atomic mass is 9.98. The van der Waals surface area contributed by atoms with E-state index in [4.69, 9.17) is 5.84 Å². The van der Waals surface area contributed by atoms with Crippen LogP contribution in [0.4, 0.5) is 4.39 Å². The zero-order valence-corrected chi connectivity index (χ0v) is 12.8. The van der Waals surface area contributed by atoms with Crippen molar-refractivity contribution in [2.45, 2.75) is 6.04 Å². The molecule has 2 nitrogen and oxygen atoms in total. The molecule has 102 valence electrons. The van der Waals surface area contributed by atoms with Gasteiger partial charge in [-0.05, 0) is 40.6 Å². The van der Waals surface area contributed by atoms with Gasteiger partial charge in [0.2, 0.25) is 0 Å². The number of thiophene rings is 1. The van der Waals surface area contributed by atoms with Gasteiger partial charge >= 0.3 is 0 Å². The summed E-state index contributed by atoms with van der Waals surface area (Å²) in [6.45, 7) is 0. The minimum Gasteiger partial charge on any atom is -0.271 e. The second-order valence-electron chi connectivity index (χ2n) is 4.45. The molecule has 1 unspecified atom stereocenters. The molecule has 3 rings (SSSR count). The fraction of sp³-hybridized carbons (Fsp3) is 0.0667. The molecule has 0 saturated carbocycles. The first-order chi connectivity index (χ1) is 9.70. The van der Waals surface area contributed by atoms with E-state index in [1.54, 1.807) is 23.5 Å². The third kappa shape index (κ3) is 2.38. The fourth-order valence-electron chi connectivity index (χ4n) is 2.30. The lowest BCUT2D eigenvalue weighted by Gasteiger charge is -2.17. The summed E-state index contributed by atoms with van der Waals surface area (Å²) in [6.07, 6.45) is 0. The molecular formula is C15H12BrFN2S. The molecule has 1 atom stereocenters. The molecule has 3 aromatic rings. The van der Waals surface area contributed by atoms with E-state index in [0.717, 1.165) is 20.1 Å². The number of fused-ring (bicyclic) bond motifs is 1. The second-order valence-corrected chi connectivity index (χ2v) is 6.28. The SMILES string of the molecule is NNC(c1cc(Br)ccc1F)c1csc2ccccc12. The highest BCUT2D eigenvalue weighted by Crippen LogP contribution is 2.34. The molecule has 5 heteroatoms. The Hall–Kier alpha value is -1.27. The van der Waals surface area contributed by atoms with E-state index in [9.17, 15) is 4.39 Å². The van der Waals surface area contributed by atoms with Gasteiger partial charge in [-0.15, -0.1) is 11.3 Å². The van der Waals surface area contributed by atoms with Gasteiger partial charge in [-0.25, -0.2) is 9.82 Å². The normalized spacial score (nSPS) is 12.8. The summed E-state index contributed by atoms with van der Waals surface area (Å²) in [6, 6.07) is 12.6. The van der Waals surface area contributed by atoms with Crippen molar-refractivity contribution in [3.63, 3.8) is 0 Å². The van der Waals surface area contributed by atoms with Crippen molar-refractivity contribution in [1.29, 1.82) is 0 Å². The highest BCUT2D eigenvalue weighted by molar-refractivity contribution is 9.10. The van der Waals surface area contributed by atoms with Gasteiger partial charge < -0.3 is 0 Å². The number of rotatable bonds is 3. The molecule has 0 amide bonds. The molecule has 0 bridgehead atoms. The number of hydrazine groups is 1. The number of hydrogen-bond donors (Lipinski definition) is 2. The molecule has 1 aromatic heterocycles. The predicted molar refractivity (Wildman–Crippen MR) is 85.1 cm³/mol. The van der Waals surface area contributed by atoms with Crippen LogP contribution in [-0.4, -0.2) is 0 Å². The van der Waals surface area contributed by atoms with Crippen molar-refractivity contribution < 1.29 is 4.39 Å². The first kappa shape index (κ1) is 13.7. The zero-order valence-electron chi connectivity index (χ0n) is 10.4. The van der Waals surface area contributed by atoms with Gasteiger partial charge in [0.05, 0.1) is 6.04 Å². The minimum absolute atomic E-state index is 0.272. The molecule has 3 N–H and O–H groups in total. The van der Waals surface area contributed by atoms with Crippen LogP contribution in [-0.2, 0) is 0 Å². The average molecular weight is 351 g/mol. The van der Waals surface area contributed by atoms with Crippen LogP contribution < -0.4 is 11.3 Å². The maximum Gasteiger partial charge on any atom is 0.128 e. The van der Waals surface area contributed by atoms with Crippen LogP contribution in [0.1, 0.15) is 17.2 Å². The third-order valence-electron chi connectivity index (χ3n) is 3.26. The van der Waals surface area contributed by atoms with Crippen molar-refractivity contribution in [1.82, 2.24) is 5.43 Å². The van der Waals surface area contributed by atoms with Crippen LogP contribution in [0.2, 0.25) is 0 Å². The van der Waals surface area contributed by atoms with Crippen molar-refractivity contribution in [2.24, 2.45) is 5.84 Å². The van der Waals surface area contributed by atoms with E-state index in [-0.39, 0.29) is 11.9 Å². The van der Waals surface area contributed by atoms with E-state index in [2.05, 4.69) is 21.4 Å². The maximum absolute atomic E-state index is 14.1. The molecule has 20 heavy (non-hydrogen) atoms. The third-order valence-corrected chi connectivity index (χ3v) is 4.73. The molecule has 0 aliphatic rings. The number of nitrogens with two attached hydrogens (primary N) is 1. The molecule has 2 aromatic carbocycles. The van der Waals surface area contributed by atoms with Crippen molar-refractivity contribution in [3.8, 4) is 0 Å². The quantitative estimate of drug-likeness (QED) is 0.544. The van der Waals surface area contributed by atoms with Gasteiger partial charge in [-0.2, -0.15) is 0 Å². The molecule has 1 heterocycles. The molecule has 0 radical (unpaired) electrons. The summed E-state index contributed by atoms with van der Waals surface area (Å²) in [5, 5.41) is 3.12. The standard InChI is InChI=1S/C15H12BrFN2S/c16-9-5-6-13(17)11(7-9)15(19-18)12-8-20-14-4-2-1-3-10(12)14/h1-8,15,19H,18H2. The summed E-state index contributed by atoms with van der Waals surface area (Å²) in [4.78, 5) is 0. The van der Waals surface area contributed by atoms with Crippen LogP contribution in [0.25, 0.3) is 10.1 Å². The largest absolute Gasteiger partial charge is 0.271 e. The van der Waals surface area contributed by atoms with Crippen molar-refractivity contribution >= 4 is 37.4 Å². The molecule has 0 aliphatic carbocycles. The monoisotopic (exact) mass is 350 g/mol. The van der Waals surface area contributed by atoms with Crippen LogP contribution in [0.15, 0.2) is 52.3 Å². The fourth-order valence-corrected chi connectivity index (χ4v) is 3.67. The second kappa shape index (κ2) is 5.61. The molecular weight excluding hydrogens is 339 g/mol. The molecule has 0 saturated heterocycles. The number of halogens is 2. The van der Waals surface area contributed by atoms with Crippen LogP contribution in [0, 0.1) is 5.82 Å². The highest BCUT2D eigenvalue weighted by atomic mass is 79.9.